The van der Waals surface area contributed by atoms with Gasteiger partial charge < -0.3 is 0 Å². The molecule has 0 bridgehead atoms. The van der Waals surface area contributed by atoms with Gasteiger partial charge in [-0.3, -0.25) is 0 Å². The fourth-order valence-corrected chi connectivity index (χ4v) is 0. The molecule has 0 fully saturated rings. The van der Waals surface area contributed by atoms with E-state index in [1.54, 1.807) is 0 Å². The Hall–Kier alpha value is 1.32. The van der Waals surface area contributed by atoms with Crippen molar-refractivity contribution < 1.29 is 29.7 Å². The molecule has 5 heavy (non-hydrogen) atoms. The average Bonchev–Trinajstić information content (AvgIpc) is 0.918. The van der Waals surface area contributed by atoms with Crippen molar-refractivity contribution in [1.82, 2.24) is 0 Å². The summed E-state index contributed by atoms with van der Waals surface area (Å²) in [6, 6.07) is 0. The molecule has 0 saturated heterocycles. The van der Waals surface area contributed by atoms with E-state index in [-0.39, 0.29) is 24.8 Å². The van der Waals surface area contributed by atoms with E-state index < -0.39 is 24.5 Å². The van der Waals surface area contributed by atoms with Crippen LogP contribution in [0.15, 0.2) is 0 Å². The van der Waals surface area contributed by atoms with E-state index in [2.05, 4.69) is 0 Å². The Balaban J connectivity index is -0.0000000200. The molecule has 0 unspecified atom stereocenters. The first kappa shape index (κ1) is 16.2. The standard InChI is InChI=1S/2ClH.2FH.Zr/h4*1H;/q;;;;+2/p-2. The summed E-state index contributed by atoms with van der Waals surface area (Å²) in [6.45, 7) is 0. The van der Waals surface area contributed by atoms with Gasteiger partial charge in [0, 0.05) is 0 Å². The molecular formula is H2Cl2F2Zr. The van der Waals surface area contributed by atoms with Gasteiger partial charge in [0.05, 0.1) is 0 Å². The van der Waals surface area contributed by atoms with Gasteiger partial charge in [-0.05, 0) is 0 Å². The Labute approximate surface area is 54.5 Å². The Morgan fingerprint density at radius 1 is 1.00 bits per heavy atom. The molecule has 0 aliphatic heterocycles. The van der Waals surface area contributed by atoms with Crippen molar-refractivity contribution >= 4 is 24.8 Å². The monoisotopic (exact) mass is 200 g/mol. The number of halogens is 4. The molecule has 0 aliphatic rings. The Morgan fingerprint density at radius 3 is 1.00 bits per heavy atom. The maximum absolute atomic E-state index is 9.80. The van der Waals surface area contributed by atoms with Gasteiger partial charge in [0.1, 0.15) is 0 Å². The molecule has 0 radical (unpaired) electrons. The van der Waals surface area contributed by atoms with Gasteiger partial charge in [-0.15, -0.1) is 24.8 Å². The van der Waals surface area contributed by atoms with Crippen molar-refractivity contribution in [3.8, 4) is 0 Å². The minimum absolute atomic E-state index is 0. The van der Waals surface area contributed by atoms with E-state index >= 15 is 0 Å². The zero-order valence-corrected chi connectivity index (χ0v) is 6.16. The quantitative estimate of drug-likeness (QED) is 0.560. The number of rotatable bonds is 0. The zero-order valence-electron chi connectivity index (χ0n) is 2.07. The third kappa shape index (κ3) is 33.6. The van der Waals surface area contributed by atoms with Crippen LogP contribution in [0.4, 0.5) is 5.25 Å². The van der Waals surface area contributed by atoms with Crippen LogP contribution in [0.1, 0.15) is 0 Å². The number of hydrogen-bond acceptors (Lipinski definition) is 0. The summed E-state index contributed by atoms with van der Waals surface area (Å²) in [5.74, 6) is 0. The molecule has 0 N–H and O–H groups in total. The van der Waals surface area contributed by atoms with Gasteiger partial charge in [0.25, 0.3) is 0 Å². The SMILES string of the molecule is Cl.Cl.[F][Zr][F]. The van der Waals surface area contributed by atoms with Gasteiger partial charge in [-0.1, -0.05) is 0 Å². The second kappa shape index (κ2) is 18.4. The normalized spacial score (nSPS) is 2.80. The molecule has 0 spiro atoms. The van der Waals surface area contributed by atoms with Crippen molar-refractivity contribution in [2.75, 3.05) is 0 Å². The summed E-state index contributed by atoms with van der Waals surface area (Å²) in [4.78, 5) is 0. The Kier molecular flexibility index (Phi) is 59.8. The molecule has 0 aromatic heterocycles. The van der Waals surface area contributed by atoms with Crippen LogP contribution in [0.2, 0.25) is 0 Å². The van der Waals surface area contributed by atoms with Gasteiger partial charge in [0.2, 0.25) is 0 Å². The van der Waals surface area contributed by atoms with Crippen molar-refractivity contribution in [2.45, 2.75) is 0 Å². The molecule has 5 heteroatoms. The molecule has 0 atom stereocenters. The predicted octanol–water partition coefficient (Wildman–Crippen LogP) is 1.68. The molecule has 0 nitrogen and oxygen atoms in total. The topological polar surface area (TPSA) is 0 Å². The summed E-state index contributed by atoms with van der Waals surface area (Å²) < 4.78 is 19.6. The molecule has 0 aromatic carbocycles. The third-order valence-corrected chi connectivity index (χ3v) is 0. The first-order chi connectivity index (χ1) is 1.41. The fraction of sp³-hybridized carbons (Fsp3) is 0. The molecule has 0 aromatic rings. The van der Waals surface area contributed by atoms with Crippen LogP contribution in [0.25, 0.3) is 0 Å². The number of hydrogen-bond donors (Lipinski definition) is 0. The van der Waals surface area contributed by atoms with Crippen molar-refractivity contribution in [3.05, 3.63) is 0 Å². The first-order valence-corrected chi connectivity index (χ1v) is 2.24. The summed E-state index contributed by atoms with van der Waals surface area (Å²) in [5, 5.41) is 0. The second-order valence-electron chi connectivity index (χ2n) is 0.0714. The van der Waals surface area contributed by atoms with Gasteiger partial charge in [0.15, 0.2) is 0 Å². The summed E-state index contributed by atoms with van der Waals surface area (Å²) in [5.41, 5.74) is 0. The summed E-state index contributed by atoms with van der Waals surface area (Å²) in [6.07, 6.45) is 0. The molecule has 0 saturated carbocycles. The third-order valence-electron chi connectivity index (χ3n) is 0. The van der Waals surface area contributed by atoms with E-state index in [1.165, 1.54) is 0 Å². The van der Waals surface area contributed by atoms with Crippen LogP contribution in [0.3, 0.4) is 0 Å². The van der Waals surface area contributed by atoms with Gasteiger partial charge in [-0.2, -0.15) is 0 Å². The predicted molar refractivity (Wildman–Crippen MR) is 16.7 cm³/mol. The average molecular weight is 202 g/mol. The van der Waals surface area contributed by atoms with E-state index in [4.69, 9.17) is 0 Å². The van der Waals surface area contributed by atoms with Gasteiger partial charge in [-0.25, -0.2) is 0 Å². The van der Waals surface area contributed by atoms with E-state index in [9.17, 15) is 5.25 Å². The van der Waals surface area contributed by atoms with Crippen LogP contribution in [0.5, 0.6) is 0 Å². The molecule has 34 valence electrons. The Bertz CT molecular complexity index is 7.61. The van der Waals surface area contributed by atoms with Gasteiger partial charge >= 0.3 is 29.7 Å². The van der Waals surface area contributed by atoms with Crippen molar-refractivity contribution in [1.29, 1.82) is 0 Å². The van der Waals surface area contributed by atoms with Crippen LogP contribution >= 0.6 is 24.8 Å². The molecule has 0 heterocycles. The summed E-state index contributed by atoms with van der Waals surface area (Å²) in [7, 11) is 0. The molecule has 0 amide bonds. The molecular weight excluding hydrogens is 200 g/mol. The van der Waals surface area contributed by atoms with E-state index in [0.717, 1.165) is 0 Å². The first-order valence-electron chi connectivity index (χ1n) is 0.378. The second-order valence-corrected chi connectivity index (χ2v) is 0.423. The maximum atomic E-state index is 9.80. The van der Waals surface area contributed by atoms with Crippen LogP contribution in [-0.2, 0) is 24.5 Å². The van der Waals surface area contributed by atoms with Crippen molar-refractivity contribution in [2.24, 2.45) is 0 Å². The minimum atomic E-state index is -2.77. The summed E-state index contributed by atoms with van der Waals surface area (Å²) >= 11 is -2.77. The molecule has 0 rings (SSSR count). The zero-order chi connectivity index (χ0) is 2.71. The molecule has 0 aliphatic carbocycles. The van der Waals surface area contributed by atoms with Crippen LogP contribution < -0.4 is 0 Å². The van der Waals surface area contributed by atoms with Crippen LogP contribution in [0, 0.1) is 0 Å². The van der Waals surface area contributed by atoms with Crippen LogP contribution in [-0.4, -0.2) is 0 Å². The van der Waals surface area contributed by atoms with Crippen molar-refractivity contribution in [3.63, 3.8) is 0 Å². The Morgan fingerprint density at radius 2 is 1.00 bits per heavy atom. The van der Waals surface area contributed by atoms with E-state index in [0.29, 0.717) is 0 Å². The van der Waals surface area contributed by atoms with E-state index in [1.807, 2.05) is 0 Å². The fourth-order valence-electron chi connectivity index (χ4n) is 0.